The summed E-state index contributed by atoms with van der Waals surface area (Å²) in [5.74, 6) is -1.52. The van der Waals surface area contributed by atoms with Crippen LogP contribution < -0.4 is 4.74 Å². The highest BCUT2D eigenvalue weighted by molar-refractivity contribution is 5.92. The number of halogens is 3. The van der Waals surface area contributed by atoms with Gasteiger partial charge < -0.3 is 19.2 Å². The lowest BCUT2D eigenvalue weighted by Crippen LogP contribution is -2.35. The Kier molecular flexibility index (Phi) is 6.28. The Labute approximate surface area is 169 Å². The maximum absolute atomic E-state index is 12.5. The molecule has 1 amide bonds. The van der Waals surface area contributed by atoms with Gasteiger partial charge in [0.1, 0.15) is 12.0 Å². The molecule has 0 unspecified atom stereocenters. The molecule has 1 aliphatic carbocycles. The number of rotatable bonds is 4. The molecule has 3 heterocycles. The molecule has 8 nitrogen and oxygen atoms in total. The molecular weight excluding hydrogens is 407 g/mol. The predicted octanol–water partition coefficient (Wildman–Crippen LogP) is 3.02. The maximum Gasteiger partial charge on any atom is 0.490 e. The summed E-state index contributed by atoms with van der Waals surface area (Å²) in [5, 5.41) is 7.12. The summed E-state index contributed by atoms with van der Waals surface area (Å²) < 4.78 is 42.6. The van der Waals surface area contributed by atoms with Gasteiger partial charge >= 0.3 is 12.1 Å². The number of aliphatic carboxylic acids is 1. The first kappa shape index (κ1) is 21.6. The molecule has 4 rings (SSSR count). The summed E-state index contributed by atoms with van der Waals surface area (Å²) in [6, 6.07) is 3.79. The van der Waals surface area contributed by atoms with E-state index in [0.29, 0.717) is 18.2 Å². The van der Waals surface area contributed by atoms with Crippen molar-refractivity contribution in [3.05, 3.63) is 42.9 Å². The van der Waals surface area contributed by atoms with Gasteiger partial charge in [-0.05, 0) is 30.9 Å². The number of hydrogen-bond donors (Lipinski definition) is 1. The van der Waals surface area contributed by atoms with E-state index in [1.807, 2.05) is 17.0 Å². The minimum atomic E-state index is -5.08. The molecule has 1 saturated carbocycles. The van der Waals surface area contributed by atoms with E-state index < -0.39 is 12.1 Å². The van der Waals surface area contributed by atoms with Crippen molar-refractivity contribution in [2.24, 2.45) is 11.3 Å². The first-order valence-electron chi connectivity index (χ1n) is 9.22. The van der Waals surface area contributed by atoms with Gasteiger partial charge in [-0.2, -0.15) is 13.2 Å². The summed E-state index contributed by atoms with van der Waals surface area (Å²) in [5.41, 5.74) is 0.434. The number of carboxylic acids is 1. The highest BCUT2D eigenvalue weighted by Crippen LogP contribution is 2.49. The average molecular weight is 427 g/mol. The van der Waals surface area contributed by atoms with Crippen molar-refractivity contribution in [1.82, 2.24) is 14.9 Å². The summed E-state index contributed by atoms with van der Waals surface area (Å²) in [7, 11) is 0. The fourth-order valence-electron chi connectivity index (χ4n) is 3.94. The summed E-state index contributed by atoms with van der Waals surface area (Å²) in [6.07, 6.45) is 4.54. The quantitative estimate of drug-likeness (QED) is 0.800. The first-order valence-corrected chi connectivity index (χ1v) is 9.22. The van der Waals surface area contributed by atoms with E-state index in [2.05, 4.69) is 9.97 Å². The van der Waals surface area contributed by atoms with Gasteiger partial charge in [-0.1, -0.05) is 6.42 Å². The van der Waals surface area contributed by atoms with Crippen LogP contribution in [-0.2, 0) is 4.79 Å². The molecule has 1 N–H and O–H groups in total. The third-order valence-corrected chi connectivity index (χ3v) is 5.38. The van der Waals surface area contributed by atoms with Crippen LogP contribution in [0.3, 0.4) is 0 Å². The van der Waals surface area contributed by atoms with Gasteiger partial charge in [0.15, 0.2) is 12.1 Å². The van der Waals surface area contributed by atoms with E-state index in [1.54, 1.807) is 12.4 Å². The lowest BCUT2D eigenvalue weighted by Gasteiger charge is -2.28. The van der Waals surface area contributed by atoms with E-state index in [0.717, 1.165) is 31.7 Å². The highest BCUT2D eigenvalue weighted by atomic mass is 19.4. The molecule has 2 aromatic rings. The minimum absolute atomic E-state index is 0.0473. The van der Waals surface area contributed by atoms with Gasteiger partial charge in [-0.15, -0.1) is 0 Å². The largest absolute Gasteiger partial charge is 0.491 e. The molecule has 0 aromatic carbocycles. The monoisotopic (exact) mass is 427 g/mol. The molecule has 0 bridgehead atoms. The number of alkyl halides is 3. The zero-order chi connectivity index (χ0) is 21.8. The average Bonchev–Trinajstić information content (AvgIpc) is 3.42. The van der Waals surface area contributed by atoms with Crippen LogP contribution in [0.4, 0.5) is 13.2 Å². The van der Waals surface area contributed by atoms with Gasteiger partial charge in [-0.3, -0.25) is 9.78 Å². The Morgan fingerprint density at radius 2 is 2.17 bits per heavy atom. The second-order valence-corrected chi connectivity index (χ2v) is 7.29. The number of likely N-dealkylation sites (tertiary alicyclic amines) is 1. The highest BCUT2D eigenvalue weighted by Gasteiger charge is 2.51. The smallest absolute Gasteiger partial charge is 0.490 e. The number of carbonyl (C=O) groups is 2. The number of amides is 1. The van der Waals surface area contributed by atoms with Crippen LogP contribution in [-0.4, -0.2) is 57.7 Å². The SMILES string of the molecule is O=C(O)C(F)(F)F.O=C(c1cocn1)N1C[C@H]2CCC[C@@]2(COc2cccnc2)C1. The Bertz CT molecular complexity index is 860. The first-order chi connectivity index (χ1) is 14.2. The van der Waals surface area contributed by atoms with Crippen LogP contribution in [0.5, 0.6) is 5.75 Å². The van der Waals surface area contributed by atoms with E-state index in [-0.39, 0.29) is 11.3 Å². The van der Waals surface area contributed by atoms with Gasteiger partial charge in [0.2, 0.25) is 0 Å². The van der Waals surface area contributed by atoms with Crippen LogP contribution in [0.15, 0.2) is 41.6 Å². The molecule has 0 radical (unpaired) electrons. The van der Waals surface area contributed by atoms with Gasteiger partial charge in [0, 0.05) is 24.7 Å². The van der Waals surface area contributed by atoms with E-state index >= 15 is 0 Å². The van der Waals surface area contributed by atoms with Gasteiger partial charge in [0.05, 0.1) is 12.8 Å². The van der Waals surface area contributed by atoms with Gasteiger partial charge in [-0.25, -0.2) is 9.78 Å². The number of ether oxygens (including phenoxy) is 1. The lowest BCUT2D eigenvalue weighted by molar-refractivity contribution is -0.192. The third-order valence-electron chi connectivity index (χ3n) is 5.38. The molecule has 2 fully saturated rings. The van der Waals surface area contributed by atoms with Crippen LogP contribution >= 0.6 is 0 Å². The number of carbonyl (C=O) groups excluding carboxylic acids is 1. The number of oxazole rings is 1. The Hall–Kier alpha value is -3.11. The van der Waals surface area contributed by atoms with Crippen molar-refractivity contribution in [2.45, 2.75) is 25.4 Å². The summed E-state index contributed by atoms with van der Waals surface area (Å²) in [6.45, 7) is 2.14. The zero-order valence-corrected chi connectivity index (χ0v) is 15.8. The molecule has 1 aliphatic heterocycles. The third kappa shape index (κ3) is 4.89. The summed E-state index contributed by atoms with van der Waals surface area (Å²) >= 11 is 0. The molecule has 0 spiro atoms. The molecular formula is C19H20F3N3O5. The fourth-order valence-corrected chi connectivity index (χ4v) is 3.94. The number of nitrogens with zero attached hydrogens (tertiary/aromatic N) is 3. The molecule has 2 atom stereocenters. The summed E-state index contributed by atoms with van der Waals surface area (Å²) in [4.78, 5) is 31.4. The number of fused-ring (bicyclic) bond motifs is 1. The lowest BCUT2D eigenvalue weighted by atomic mass is 9.81. The molecule has 1 saturated heterocycles. The van der Waals surface area contributed by atoms with E-state index in [9.17, 15) is 18.0 Å². The molecule has 2 aromatic heterocycles. The normalized spacial score (nSPS) is 22.8. The molecule has 11 heteroatoms. The van der Waals surface area contributed by atoms with Crippen LogP contribution in [0, 0.1) is 11.3 Å². The van der Waals surface area contributed by atoms with Crippen LogP contribution in [0.1, 0.15) is 29.8 Å². The van der Waals surface area contributed by atoms with Crippen molar-refractivity contribution in [3.63, 3.8) is 0 Å². The van der Waals surface area contributed by atoms with Crippen LogP contribution in [0.2, 0.25) is 0 Å². The van der Waals surface area contributed by atoms with Crippen molar-refractivity contribution in [1.29, 1.82) is 0 Å². The van der Waals surface area contributed by atoms with Crippen molar-refractivity contribution >= 4 is 11.9 Å². The molecule has 162 valence electrons. The van der Waals surface area contributed by atoms with Crippen molar-refractivity contribution in [3.8, 4) is 5.75 Å². The number of hydrogen-bond acceptors (Lipinski definition) is 6. The minimum Gasteiger partial charge on any atom is -0.491 e. The van der Waals surface area contributed by atoms with Crippen LogP contribution in [0.25, 0.3) is 0 Å². The maximum atomic E-state index is 12.5. The Balaban J connectivity index is 0.000000318. The number of pyridine rings is 1. The molecule has 2 aliphatic rings. The second kappa shape index (κ2) is 8.72. The Morgan fingerprint density at radius 3 is 2.77 bits per heavy atom. The zero-order valence-electron chi connectivity index (χ0n) is 15.8. The number of carboxylic acid groups (broad SMARTS) is 1. The van der Waals surface area contributed by atoms with Crippen molar-refractivity contribution in [2.75, 3.05) is 19.7 Å². The Morgan fingerprint density at radius 1 is 1.40 bits per heavy atom. The topological polar surface area (TPSA) is 106 Å². The van der Waals surface area contributed by atoms with Crippen molar-refractivity contribution < 1.29 is 37.0 Å². The van der Waals surface area contributed by atoms with E-state index in [4.69, 9.17) is 19.1 Å². The fraction of sp³-hybridized carbons (Fsp3) is 0.474. The van der Waals surface area contributed by atoms with E-state index in [1.165, 1.54) is 19.1 Å². The number of aromatic nitrogens is 2. The predicted molar refractivity (Wildman–Crippen MR) is 95.6 cm³/mol. The van der Waals surface area contributed by atoms with Gasteiger partial charge in [0.25, 0.3) is 5.91 Å². The second-order valence-electron chi connectivity index (χ2n) is 7.29. The standard InChI is InChI=1S/C17H19N3O3.C2HF3O2/c21-16(15-9-22-12-19-15)20-8-13-3-1-5-17(13,10-20)11-23-14-4-2-6-18-7-14;3-2(4,5)1(6)7/h2,4,6-7,9,12-13H,1,3,5,8,10-11H2;(H,6,7)/t13-,17+;/m1./s1. The molecule has 30 heavy (non-hydrogen) atoms.